The summed E-state index contributed by atoms with van der Waals surface area (Å²) >= 11 is 10.1. The second-order valence-electron chi connectivity index (χ2n) is 6.81. The van der Waals surface area contributed by atoms with Crippen molar-refractivity contribution in [3.63, 3.8) is 0 Å². The lowest BCUT2D eigenvalue weighted by atomic mass is 10.1. The Labute approximate surface area is 212 Å². The Kier molecular flexibility index (Phi) is 8.12. The zero-order valence-corrected chi connectivity index (χ0v) is 20.6. The number of benzene rings is 3. The van der Waals surface area contributed by atoms with Crippen molar-refractivity contribution in [1.29, 1.82) is 0 Å². The van der Waals surface area contributed by atoms with E-state index in [9.17, 15) is 14.9 Å². The zero-order chi connectivity index (χ0) is 23.9. The van der Waals surface area contributed by atoms with Crippen LogP contribution in [0.15, 0.2) is 74.4 Å². The molecule has 1 amide bonds. The highest BCUT2D eigenvalue weighted by Gasteiger charge is 2.12. The summed E-state index contributed by atoms with van der Waals surface area (Å²) in [7, 11) is 0. The van der Waals surface area contributed by atoms with E-state index < -0.39 is 4.92 Å². The van der Waals surface area contributed by atoms with Crippen LogP contribution in [0.3, 0.4) is 0 Å². The lowest BCUT2D eigenvalue weighted by molar-refractivity contribution is -0.384. The molecule has 0 aliphatic carbocycles. The van der Waals surface area contributed by atoms with Gasteiger partial charge in [-0.3, -0.25) is 14.9 Å². The van der Waals surface area contributed by atoms with E-state index in [4.69, 9.17) is 11.6 Å². The maximum Gasteiger partial charge on any atom is 0.288 e. The molecule has 1 heterocycles. The maximum absolute atomic E-state index is 12.1. The van der Waals surface area contributed by atoms with Gasteiger partial charge in [0.15, 0.2) is 8.68 Å². The molecule has 0 saturated carbocycles. The number of nitrogens with one attached hydrogen (secondary N) is 1. The predicted octanol–water partition coefficient (Wildman–Crippen LogP) is 5.79. The fraction of sp³-hybridized carbons (Fsp3) is 0.0909. The monoisotopic (exact) mass is 529 g/mol. The van der Waals surface area contributed by atoms with Crippen LogP contribution in [-0.2, 0) is 10.5 Å². The van der Waals surface area contributed by atoms with Gasteiger partial charge in [-0.2, -0.15) is 5.10 Å². The SMILES string of the molecule is O=C(CSc1nnc(SCc2cccc3ccccc23)s1)N/N=C\c1ccc(Cl)c([N+](=O)[O-])c1. The summed E-state index contributed by atoms with van der Waals surface area (Å²) in [5.74, 6) is 0.560. The highest BCUT2D eigenvalue weighted by Crippen LogP contribution is 2.32. The average Bonchev–Trinajstić information content (AvgIpc) is 3.30. The van der Waals surface area contributed by atoms with Crippen LogP contribution in [0.2, 0.25) is 5.02 Å². The van der Waals surface area contributed by atoms with Crippen LogP contribution in [0.1, 0.15) is 11.1 Å². The van der Waals surface area contributed by atoms with E-state index in [-0.39, 0.29) is 22.4 Å². The zero-order valence-electron chi connectivity index (χ0n) is 17.4. The number of amides is 1. The summed E-state index contributed by atoms with van der Waals surface area (Å²) in [4.78, 5) is 22.4. The molecule has 0 unspecified atom stereocenters. The molecule has 3 aromatic carbocycles. The van der Waals surface area contributed by atoms with Crippen LogP contribution in [0.5, 0.6) is 0 Å². The number of nitro benzene ring substituents is 1. The number of rotatable bonds is 9. The van der Waals surface area contributed by atoms with Crippen molar-refractivity contribution in [1.82, 2.24) is 15.6 Å². The van der Waals surface area contributed by atoms with E-state index in [2.05, 4.69) is 51.1 Å². The van der Waals surface area contributed by atoms with Crippen molar-refractivity contribution in [2.45, 2.75) is 14.4 Å². The molecule has 0 aliphatic rings. The number of aromatic nitrogens is 2. The highest BCUT2D eigenvalue weighted by atomic mass is 35.5. The van der Waals surface area contributed by atoms with Crippen molar-refractivity contribution < 1.29 is 9.72 Å². The Morgan fingerprint density at radius 2 is 1.88 bits per heavy atom. The van der Waals surface area contributed by atoms with E-state index in [0.717, 1.165) is 10.1 Å². The molecule has 0 spiro atoms. The smallest absolute Gasteiger partial charge is 0.272 e. The van der Waals surface area contributed by atoms with Gasteiger partial charge < -0.3 is 0 Å². The van der Waals surface area contributed by atoms with Crippen molar-refractivity contribution >= 4 is 75.0 Å². The number of fused-ring (bicyclic) bond motifs is 1. The summed E-state index contributed by atoms with van der Waals surface area (Å²) < 4.78 is 1.52. The third kappa shape index (κ3) is 6.32. The first-order chi connectivity index (χ1) is 16.5. The van der Waals surface area contributed by atoms with Gasteiger partial charge in [0.25, 0.3) is 11.6 Å². The molecule has 12 heteroatoms. The molecule has 0 aliphatic heterocycles. The number of halogens is 1. The number of carbonyl (C=O) groups is 1. The molecular weight excluding hydrogens is 514 g/mol. The molecule has 0 saturated heterocycles. The molecule has 1 aromatic heterocycles. The fourth-order valence-corrected chi connectivity index (χ4v) is 5.96. The van der Waals surface area contributed by atoms with E-state index >= 15 is 0 Å². The summed E-state index contributed by atoms with van der Waals surface area (Å²) in [6.45, 7) is 0. The Morgan fingerprint density at radius 1 is 1.12 bits per heavy atom. The number of nitrogens with zero attached hydrogens (tertiary/aromatic N) is 4. The van der Waals surface area contributed by atoms with Crippen LogP contribution in [0.25, 0.3) is 10.8 Å². The minimum atomic E-state index is -0.578. The molecule has 172 valence electrons. The first-order valence-corrected chi connectivity index (χ1v) is 13.0. The van der Waals surface area contributed by atoms with Gasteiger partial charge in [-0.05, 0) is 22.4 Å². The molecule has 34 heavy (non-hydrogen) atoms. The molecular formula is C22H16ClN5O3S3. The van der Waals surface area contributed by atoms with Gasteiger partial charge in [-0.25, -0.2) is 5.43 Å². The van der Waals surface area contributed by atoms with Gasteiger partial charge in [0, 0.05) is 17.4 Å². The molecule has 1 N–H and O–H groups in total. The standard InChI is InChI=1S/C22H16ClN5O3S3/c23-18-9-8-14(10-19(18)28(30)31)11-24-25-20(29)13-33-22-27-26-21(34-22)32-12-16-6-3-5-15-4-1-2-7-17(15)16/h1-11H,12-13H2,(H,25,29)/b24-11-. The fourth-order valence-electron chi connectivity index (χ4n) is 2.96. The molecule has 4 aromatic rings. The van der Waals surface area contributed by atoms with Gasteiger partial charge in [0.2, 0.25) is 0 Å². The first-order valence-electron chi connectivity index (χ1n) is 9.81. The van der Waals surface area contributed by atoms with Crippen LogP contribution >= 0.6 is 46.5 Å². The Morgan fingerprint density at radius 3 is 2.71 bits per heavy atom. The average molecular weight is 530 g/mol. The first kappa shape index (κ1) is 24.1. The molecule has 0 atom stereocenters. The van der Waals surface area contributed by atoms with Crippen molar-refractivity contribution in [3.05, 3.63) is 86.9 Å². The highest BCUT2D eigenvalue weighted by molar-refractivity contribution is 8.03. The third-order valence-electron chi connectivity index (χ3n) is 4.52. The summed E-state index contributed by atoms with van der Waals surface area (Å²) in [6, 6.07) is 18.8. The van der Waals surface area contributed by atoms with Crippen LogP contribution in [0, 0.1) is 10.1 Å². The van der Waals surface area contributed by atoms with E-state index in [1.165, 1.54) is 57.8 Å². The minimum absolute atomic E-state index is 0.0364. The molecule has 0 bridgehead atoms. The second-order valence-corrected chi connectivity index (χ2v) is 10.6. The van der Waals surface area contributed by atoms with Crippen molar-refractivity contribution in [3.8, 4) is 0 Å². The van der Waals surface area contributed by atoms with Gasteiger partial charge in [-0.1, -0.05) is 95.0 Å². The summed E-state index contributed by atoms with van der Waals surface area (Å²) in [5.41, 5.74) is 3.85. The quantitative estimate of drug-likeness (QED) is 0.126. The number of hydrogen-bond donors (Lipinski definition) is 1. The van der Waals surface area contributed by atoms with Gasteiger partial charge in [-0.15, -0.1) is 10.2 Å². The van der Waals surface area contributed by atoms with Gasteiger partial charge >= 0.3 is 0 Å². The molecule has 4 rings (SSSR count). The van der Waals surface area contributed by atoms with Crippen molar-refractivity contribution in [2.75, 3.05) is 5.75 Å². The number of hydrazone groups is 1. The van der Waals surface area contributed by atoms with Crippen molar-refractivity contribution in [2.24, 2.45) is 5.10 Å². The topological polar surface area (TPSA) is 110 Å². The number of thioether (sulfide) groups is 2. The largest absolute Gasteiger partial charge is 0.288 e. The normalized spacial score (nSPS) is 11.2. The lowest BCUT2D eigenvalue weighted by Crippen LogP contribution is -2.19. The van der Waals surface area contributed by atoms with E-state index in [1.807, 2.05) is 12.1 Å². The van der Waals surface area contributed by atoms with Gasteiger partial charge in [0.1, 0.15) is 5.02 Å². The maximum atomic E-state index is 12.1. The summed E-state index contributed by atoms with van der Waals surface area (Å²) in [5, 5.41) is 25.6. The minimum Gasteiger partial charge on any atom is -0.272 e. The van der Waals surface area contributed by atoms with Crippen LogP contribution in [-0.4, -0.2) is 33.0 Å². The van der Waals surface area contributed by atoms with E-state index in [0.29, 0.717) is 9.90 Å². The van der Waals surface area contributed by atoms with Gasteiger partial charge in [0.05, 0.1) is 16.9 Å². The van der Waals surface area contributed by atoms with Crippen LogP contribution in [0.4, 0.5) is 5.69 Å². The number of hydrogen-bond acceptors (Lipinski definition) is 9. The Balaban J connectivity index is 1.26. The lowest BCUT2D eigenvalue weighted by Gasteiger charge is -2.04. The Hall–Kier alpha value is -2.99. The molecule has 0 fully saturated rings. The number of nitro groups is 1. The second kappa shape index (κ2) is 11.4. The molecule has 0 radical (unpaired) electrons. The predicted molar refractivity (Wildman–Crippen MR) is 138 cm³/mol. The number of carbonyl (C=O) groups excluding carboxylic acids is 1. The van der Waals surface area contributed by atoms with E-state index in [1.54, 1.807) is 17.8 Å². The molecule has 8 nitrogen and oxygen atoms in total. The third-order valence-corrected chi connectivity index (χ3v) is 8.07. The Bertz CT molecular complexity index is 1370. The summed E-state index contributed by atoms with van der Waals surface area (Å²) in [6.07, 6.45) is 1.32. The van der Waals surface area contributed by atoms with Crippen LogP contribution < -0.4 is 5.43 Å².